The molecular formula is C12H17ClFNOS. The Morgan fingerprint density at radius 3 is 2.94 bits per heavy atom. The second-order valence-corrected chi connectivity index (χ2v) is 4.84. The number of rotatable bonds is 6. The van der Waals surface area contributed by atoms with Gasteiger partial charge in [-0.25, -0.2) is 4.39 Å². The molecule has 2 atom stereocenters. The predicted octanol–water partition coefficient (Wildman–Crippen LogP) is 4.02. The molecule has 0 fully saturated rings. The van der Waals surface area contributed by atoms with E-state index in [-0.39, 0.29) is 23.8 Å². The van der Waals surface area contributed by atoms with E-state index in [0.29, 0.717) is 18.1 Å². The van der Waals surface area contributed by atoms with Crippen molar-refractivity contribution >= 4 is 34.9 Å². The lowest BCUT2D eigenvalue weighted by Gasteiger charge is -2.26. The summed E-state index contributed by atoms with van der Waals surface area (Å²) in [6.07, 6.45) is 1.37. The largest absolute Gasteiger partial charge is 0.494 e. The van der Waals surface area contributed by atoms with Crippen molar-refractivity contribution in [3.8, 4) is 0 Å². The number of halogens is 2. The second kappa shape index (κ2) is 7.07. The van der Waals surface area contributed by atoms with Gasteiger partial charge in [-0.05, 0) is 19.3 Å². The van der Waals surface area contributed by atoms with Crippen LogP contribution < -0.4 is 0 Å². The van der Waals surface area contributed by atoms with Gasteiger partial charge in [-0.15, -0.1) is 0 Å². The molecule has 0 saturated carbocycles. The molecular weight excluding hydrogens is 261 g/mol. The first-order valence-corrected chi connectivity index (χ1v) is 6.64. The number of ether oxygens (including phenoxy) is 1. The van der Waals surface area contributed by atoms with Gasteiger partial charge in [-0.1, -0.05) is 37.2 Å². The maximum atomic E-state index is 13.9. The highest BCUT2D eigenvalue weighted by atomic mass is 35.5. The van der Waals surface area contributed by atoms with Gasteiger partial charge in [0, 0.05) is 17.0 Å². The van der Waals surface area contributed by atoms with E-state index in [0.717, 1.165) is 12.8 Å². The summed E-state index contributed by atoms with van der Waals surface area (Å²) in [5.74, 6) is 0.0436. The second-order valence-electron chi connectivity index (χ2n) is 4.15. The van der Waals surface area contributed by atoms with Crippen molar-refractivity contribution in [3.63, 3.8) is 0 Å². The Labute approximate surface area is 112 Å². The molecule has 17 heavy (non-hydrogen) atoms. The van der Waals surface area contributed by atoms with E-state index < -0.39 is 6.17 Å². The van der Waals surface area contributed by atoms with Gasteiger partial charge in [0.1, 0.15) is 5.76 Å². The Balaban J connectivity index is 2.65. The quantitative estimate of drug-likeness (QED) is 0.452. The van der Waals surface area contributed by atoms with Gasteiger partial charge in [-0.2, -0.15) is 0 Å². The molecule has 0 aromatic carbocycles. The van der Waals surface area contributed by atoms with Crippen LogP contribution in [-0.4, -0.2) is 23.9 Å². The molecule has 96 valence electrons. The van der Waals surface area contributed by atoms with Crippen molar-refractivity contribution in [1.82, 2.24) is 0 Å². The lowest BCUT2D eigenvalue weighted by atomic mass is 9.88. The van der Waals surface area contributed by atoms with Crippen LogP contribution in [0.5, 0.6) is 0 Å². The standard InChI is InChI=1S/C12H17ClFNOS/c1-2-3-4-16-12-9(13)5-8(6-10(12)14)11(15)7-17/h7-8,10,15H,2-6H2,1H3. The third-order valence-corrected chi connectivity index (χ3v) is 3.39. The van der Waals surface area contributed by atoms with Crippen molar-refractivity contribution in [3.05, 3.63) is 10.8 Å². The summed E-state index contributed by atoms with van der Waals surface area (Å²) in [6, 6.07) is 0. The van der Waals surface area contributed by atoms with Gasteiger partial charge in [0.25, 0.3) is 0 Å². The maximum Gasteiger partial charge on any atom is 0.159 e. The molecule has 1 rings (SSSR count). The first-order chi connectivity index (χ1) is 8.10. The summed E-state index contributed by atoms with van der Waals surface area (Å²) >= 11 is 10.7. The molecule has 0 aromatic rings. The smallest absolute Gasteiger partial charge is 0.159 e. The molecule has 2 unspecified atom stereocenters. The summed E-state index contributed by atoms with van der Waals surface area (Å²) < 4.78 is 19.2. The Hall–Kier alpha value is -0.480. The number of hydrogen-bond donors (Lipinski definition) is 1. The fraction of sp³-hybridized carbons (Fsp3) is 0.667. The van der Waals surface area contributed by atoms with E-state index in [1.54, 1.807) is 0 Å². The van der Waals surface area contributed by atoms with Crippen molar-refractivity contribution < 1.29 is 9.13 Å². The van der Waals surface area contributed by atoms with E-state index in [1.165, 1.54) is 5.37 Å². The minimum Gasteiger partial charge on any atom is -0.494 e. The zero-order valence-corrected chi connectivity index (χ0v) is 11.4. The third kappa shape index (κ3) is 4.03. The summed E-state index contributed by atoms with van der Waals surface area (Å²) in [7, 11) is 0. The normalized spacial score (nSPS) is 24.6. The number of thiocarbonyl (C=S) groups is 1. The van der Waals surface area contributed by atoms with Crippen LogP contribution in [0, 0.1) is 11.3 Å². The monoisotopic (exact) mass is 277 g/mol. The van der Waals surface area contributed by atoms with Crippen LogP contribution in [0.2, 0.25) is 0 Å². The van der Waals surface area contributed by atoms with E-state index in [2.05, 4.69) is 12.2 Å². The highest BCUT2D eigenvalue weighted by Crippen LogP contribution is 2.35. The van der Waals surface area contributed by atoms with E-state index in [4.69, 9.17) is 21.7 Å². The molecule has 0 aromatic heterocycles. The van der Waals surface area contributed by atoms with Gasteiger partial charge in [0.15, 0.2) is 6.17 Å². The van der Waals surface area contributed by atoms with Gasteiger partial charge in [0.05, 0.1) is 11.6 Å². The third-order valence-electron chi connectivity index (χ3n) is 2.79. The molecule has 0 saturated heterocycles. The van der Waals surface area contributed by atoms with Crippen LogP contribution in [0.15, 0.2) is 10.8 Å². The van der Waals surface area contributed by atoms with Gasteiger partial charge < -0.3 is 10.1 Å². The Morgan fingerprint density at radius 2 is 2.41 bits per heavy atom. The average molecular weight is 278 g/mol. The number of unbranched alkanes of at least 4 members (excludes halogenated alkanes) is 1. The lowest BCUT2D eigenvalue weighted by molar-refractivity contribution is 0.133. The zero-order valence-electron chi connectivity index (χ0n) is 9.84. The number of hydrogen-bond acceptors (Lipinski definition) is 3. The Bertz CT molecular complexity index is 332. The molecule has 0 aliphatic heterocycles. The first-order valence-electron chi connectivity index (χ1n) is 5.79. The predicted molar refractivity (Wildman–Crippen MR) is 72.7 cm³/mol. The van der Waals surface area contributed by atoms with Crippen LogP contribution in [0.3, 0.4) is 0 Å². The molecule has 1 N–H and O–H groups in total. The molecule has 2 nitrogen and oxygen atoms in total. The minimum absolute atomic E-state index is 0.214. The van der Waals surface area contributed by atoms with Gasteiger partial charge >= 0.3 is 0 Å². The van der Waals surface area contributed by atoms with E-state index in [1.807, 2.05) is 6.92 Å². The number of alkyl halides is 1. The zero-order chi connectivity index (χ0) is 12.8. The molecule has 0 amide bonds. The van der Waals surface area contributed by atoms with Crippen LogP contribution in [0.25, 0.3) is 0 Å². The molecule has 0 radical (unpaired) electrons. The van der Waals surface area contributed by atoms with Crippen LogP contribution in [0.1, 0.15) is 32.6 Å². The van der Waals surface area contributed by atoms with Crippen molar-refractivity contribution in [2.45, 2.75) is 38.8 Å². The fourth-order valence-corrected chi connectivity index (χ4v) is 2.31. The molecule has 0 bridgehead atoms. The maximum absolute atomic E-state index is 13.9. The van der Waals surface area contributed by atoms with Gasteiger partial charge in [-0.3, -0.25) is 0 Å². The summed E-state index contributed by atoms with van der Waals surface area (Å²) in [5, 5.41) is 9.27. The Kier molecular flexibility index (Phi) is 6.06. The highest BCUT2D eigenvalue weighted by Gasteiger charge is 2.31. The molecule has 5 heteroatoms. The minimum atomic E-state index is -1.21. The number of allylic oxidation sites excluding steroid dienone is 2. The molecule has 0 spiro atoms. The number of nitrogens with one attached hydrogen (secondary N) is 1. The topological polar surface area (TPSA) is 33.1 Å². The first kappa shape index (κ1) is 14.6. The molecule has 0 heterocycles. The lowest BCUT2D eigenvalue weighted by Crippen LogP contribution is -2.26. The molecule has 1 aliphatic rings. The SMILES string of the molecule is CCCCOC1=C(Cl)CC(C(=N)C=S)CC1F. The fourth-order valence-electron chi connectivity index (χ4n) is 1.76. The van der Waals surface area contributed by atoms with Crippen molar-refractivity contribution in [2.75, 3.05) is 6.61 Å². The summed E-state index contributed by atoms with van der Waals surface area (Å²) in [6.45, 7) is 2.54. The van der Waals surface area contributed by atoms with E-state index >= 15 is 0 Å². The average Bonchev–Trinajstić information content (AvgIpc) is 2.31. The summed E-state index contributed by atoms with van der Waals surface area (Å²) in [4.78, 5) is 0. The van der Waals surface area contributed by atoms with Gasteiger partial charge in [0.2, 0.25) is 0 Å². The Morgan fingerprint density at radius 1 is 1.71 bits per heavy atom. The highest BCUT2D eigenvalue weighted by molar-refractivity contribution is 7.80. The molecule has 1 aliphatic carbocycles. The van der Waals surface area contributed by atoms with Crippen molar-refractivity contribution in [2.24, 2.45) is 5.92 Å². The van der Waals surface area contributed by atoms with Crippen LogP contribution in [0.4, 0.5) is 4.39 Å². The van der Waals surface area contributed by atoms with Crippen molar-refractivity contribution in [1.29, 1.82) is 5.41 Å². The summed E-state index contributed by atoms with van der Waals surface area (Å²) in [5.41, 5.74) is 0.272. The van der Waals surface area contributed by atoms with E-state index in [9.17, 15) is 4.39 Å². The van der Waals surface area contributed by atoms with Crippen LogP contribution >= 0.6 is 23.8 Å². The van der Waals surface area contributed by atoms with Crippen LogP contribution in [-0.2, 0) is 4.74 Å².